The van der Waals surface area contributed by atoms with E-state index in [1.807, 2.05) is 0 Å². The standard InChI is InChI=1S/C3H9NO3S/c1-4-8(6,7)3-2-5/h4-5H,2-3H2,1H3. The van der Waals surface area contributed by atoms with E-state index in [-0.39, 0.29) is 12.4 Å². The first kappa shape index (κ1) is 7.87. The second kappa shape index (κ2) is 3.01. The van der Waals surface area contributed by atoms with Gasteiger partial charge in [-0.25, -0.2) is 13.1 Å². The van der Waals surface area contributed by atoms with Gasteiger partial charge in [0.15, 0.2) is 0 Å². The Hall–Kier alpha value is -0.130. The minimum Gasteiger partial charge on any atom is -0.395 e. The van der Waals surface area contributed by atoms with Crippen LogP contribution in [0.25, 0.3) is 0 Å². The summed E-state index contributed by atoms with van der Waals surface area (Å²) >= 11 is 0. The first-order valence-corrected chi connectivity index (χ1v) is 3.79. The van der Waals surface area contributed by atoms with Crippen LogP contribution in [0.2, 0.25) is 0 Å². The minimum atomic E-state index is -3.17. The SMILES string of the molecule is CNS(=O)(=O)CCO. The van der Waals surface area contributed by atoms with Gasteiger partial charge in [-0.05, 0) is 7.05 Å². The van der Waals surface area contributed by atoms with Crippen molar-refractivity contribution < 1.29 is 13.5 Å². The Bertz CT molecular complexity index is 139. The Balaban J connectivity index is 3.76. The molecule has 0 radical (unpaired) electrons. The summed E-state index contributed by atoms with van der Waals surface area (Å²) in [6, 6.07) is 0. The van der Waals surface area contributed by atoms with E-state index in [9.17, 15) is 8.42 Å². The van der Waals surface area contributed by atoms with E-state index in [0.717, 1.165) is 0 Å². The third kappa shape index (κ3) is 2.95. The highest BCUT2D eigenvalue weighted by atomic mass is 32.2. The highest BCUT2D eigenvalue weighted by Gasteiger charge is 2.02. The van der Waals surface area contributed by atoms with Crippen molar-refractivity contribution in [1.29, 1.82) is 0 Å². The van der Waals surface area contributed by atoms with Gasteiger partial charge in [0.05, 0.1) is 12.4 Å². The number of aliphatic hydroxyl groups is 1. The average molecular weight is 139 g/mol. The normalized spacial score (nSPS) is 11.8. The van der Waals surface area contributed by atoms with Crippen LogP contribution in [0.4, 0.5) is 0 Å². The second-order valence-corrected chi connectivity index (χ2v) is 3.29. The van der Waals surface area contributed by atoms with Gasteiger partial charge in [-0.2, -0.15) is 0 Å². The molecule has 0 amide bonds. The zero-order valence-corrected chi connectivity index (χ0v) is 5.40. The molecule has 4 nitrogen and oxygen atoms in total. The van der Waals surface area contributed by atoms with Crippen molar-refractivity contribution in [1.82, 2.24) is 4.72 Å². The van der Waals surface area contributed by atoms with Gasteiger partial charge in [0, 0.05) is 0 Å². The molecule has 0 aromatic rings. The first-order valence-electron chi connectivity index (χ1n) is 2.14. The van der Waals surface area contributed by atoms with E-state index in [4.69, 9.17) is 5.11 Å². The van der Waals surface area contributed by atoms with Crippen molar-refractivity contribution in [2.45, 2.75) is 0 Å². The topological polar surface area (TPSA) is 66.4 Å². The molecule has 0 bridgehead atoms. The third-order valence-electron chi connectivity index (χ3n) is 0.671. The largest absolute Gasteiger partial charge is 0.395 e. The van der Waals surface area contributed by atoms with Crippen molar-refractivity contribution in [2.75, 3.05) is 19.4 Å². The molecule has 2 N–H and O–H groups in total. The van der Waals surface area contributed by atoms with E-state index in [0.29, 0.717) is 0 Å². The van der Waals surface area contributed by atoms with Crippen molar-refractivity contribution in [3.8, 4) is 0 Å². The summed E-state index contributed by atoms with van der Waals surface area (Å²) < 4.78 is 22.7. The van der Waals surface area contributed by atoms with E-state index in [1.165, 1.54) is 7.05 Å². The van der Waals surface area contributed by atoms with E-state index < -0.39 is 10.0 Å². The molecule has 0 aromatic heterocycles. The number of sulfonamides is 1. The molecule has 0 rings (SSSR count). The van der Waals surface area contributed by atoms with Gasteiger partial charge in [-0.3, -0.25) is 0 Å². The van der Waals surface area contributed by atoms with E-state index in [1.54, 1.807) is 0 Å². The molecule has 0 saturated carbocycles. The fourth-order valence-corrected chi connectivity index (χ4v) is 0.667. The van der Waals surface area contributed by atoms with Crippen LogP contribution in [0, 0.1) is 0 Å². The quantitative estimate of drug-likeness (QED) is 0.501. The molecular weight excluding hydrogens is 130 g/mol. The number of rotatable bonds is 3. The molecule has 0 fully saturated rings. The monoisotopic (exact) mass is 139 g/mol. The maximum Gasteiger partial charge on any atom is 0.213 e. The van der Waals surface area contributed by atoms with Crippen LogP contribution in [0.3, 0.4) is 0 Å². The molecule has 0 aliphatic rings. The Morgan fingerprint density at radius 1 is 1.62 bits per heavy atom. The molecule has 5 heteroatoms. The van der Waals surface area contributed by atoms with Crippen molar-refractivity contribution in [3.05, 3.63) is 0 Å². The van der Waals surface area contributed by atoms with Gasteiger partial charge in [-0.1, -0.05) is 0 Å². The second-order valence-electron chi connectivity index (χ2n) is 1.25. The number of hydrogen-bond acceptors (Lipinski definition) is 3. The Kier molecular flexibility index (Phi) is 2.96. The fraction of sp³-hybridized carbons (Fsp3) is 1.00. The molecule has 0 atom stereocenters. The van der Waals surface area contributed by atoms with Crippen LogP contribution in [0.1, 0.15) is 0 Å². The molecule has 0 saturated heterocycles. The average Bonchev–Trinajstić information content (AvgIpc) is 1.67. The van der Waals surface area contributed by atoms with Gasteiger partial charge < -0.3 is 5.11 Å². The first-order chi connectivity index (χ1) is 3.62. The molecule has 50 valence electrons. The van der Waals surface area contributed by atoms with Gasteiger partial charge in [0.2, 0.25) is 10.0 Å². The summed E-state index contributed by atoms with van der Waals surface area (Å²) in [7, 11) is -1.86. The predicted octanol–water partition coefficient (Wildman–Crippen LogP) is -1.47. The van der Waals surface area contributed by atoms with Gasteiger partial charge in [0.25, 0.3) is 0 Å². The zero-order chi connectivity index (χ0) is 6.62. The van der Waals surface area contributed by atoms with Crippen LogP contribution in [0.15, 0.2) is 0 Å². The lowest BCUT2D eigenvalue weighted by molar-refractivity contribution is 0.319. The molecule has 0 spiro atoms. The van der Waals surface area contributed by atoms with E-state index >= 15 is 0 Å². The summed E-state index contributed by atoms with van der Waals surface area (Å²) in [6.07, 6.45) is 0. The van der Waals surface area contributed by atoms with Crippen molar-refractivity contribution in [3.63, 3.8) is 0 Å². The zero-order valence-electron chi connectivity index (χ0n) is 4.59. The highest BCUT2D eigenvalue weighted by Crippen LogP contribution is 1.76. The van der Waals surface area contributed by atoms with Crippen LogP contribution in [-0.2, 0) is 10.0 Å². The van der Waals surface area contributed by atoms with Crippen molar-refractivity contribution >= 4 is 10.0 Å². The predicted molar refractivity (Wildman–Crippen MR) is 29.9 cm³/mol. The maximum atomic E-state index is 10.3. The van der Waals surface area contributed by atoms with Gasteiger partial charge in [-0.15, -0.1) is 0 Å². The Labute approximate surface area is 48.6 Å². The molecule has 8 heavy (non-hydrogen) atoms. The van der Waals surface area contributed by atoms with Gasteiger partial charge in [0.1, 0.15) is 0 Å². The maximum absolute atomic E-state index is 10.3. The lowest BCUT2D eigenvalue weighted by Crippen LogP contribution is -2.23. The van der Waals surface area contributed by atoms with E-state index in [2.05, 4.69) is 4.72 Å². The number of hydrogen-bond donors (Lipinski definition) is 2. The minimum absolute atomic E-state index is 0.219. The lowest BCUT2D eigenvalue weighted by atomic mass is 10.9. The molecule has 0 heterocycles. The Morgan fingerprint density at radius 2 is 2.12 bits per heavy atom. The highest BCUT2D eigenvalue weighted by molar-refractivity contribution is 7.89. The number of nitrogens with one attached hydrogen (secondary N) is 1. The molecule has 0 aromatic carbocycles. The summed E-state index contributed by atoms with van der Waals surface area (Å²) in [5.41, 5.74) is 0. The summed E-state index contributed by atoms with van der Waals surface area (Å²) in [5.74, 6) is -0.219. The van der Waals surface area contributed by atoms with Crippen LogP contribution in [-0.4, -0.2) is 32.9 Å². The smallest absolute Gasteiger partial charge is 0.213 e. The molecular formula is C3H9NO3S. The third-order valence-corrected chi connectivity index (χ3v) is 2.01. The molecule has 0 unspecified atom stereocenters. The number of aliphatic hydroxyl groups excluding tert-OH is 1. The van der Waals surface area contributed by atoms with Crippen LogP contribution in [0.5, 0.6) is 0 Å². The Morgan fingerprint density at radius 3 is 2.25 bits per heavy atom. The summed E-state index contributed by atoms with van der Waals surface area (Å²) in [6.45, 7) is -0.330. The van der Waals surface area contributed by atoms with Crippen molar-refractivity contribution in [2.24, 2.45) is 0 Å². The van der Waals surface area contributed by atoms with Gasteiger partial charge >= 0.3 is 0 Å². The summed E-state index contributed by atoms with van der Waals surface area (Å²) in [4.78, 5) is 0. The molecule has 0 aliphatic carbocycles. The van der Waals surface area contributed by atoms with Crippen LogP contribution >= 0.6 is 0 Å². The summed E-state index contributed by atoms with van der Waals surface area (Å²) in [5, 5.41) is 8.11. The molecule has 0 aliphatic heterocycles. The fourth-order valence-electron chi connectivity index (χ4n) is 0.222. The van der Waals surface area contributed by atoms with Crippen LogP contribution < -0.4 is 4.72 Å². The lowest BCUT2D eigenvalue weighted by Gasteiger charge is -1.95.